The minimum atomic E-state index is -3.18. The monoisotopic (exact) mass is 332 g/mol. The first kappa shape index (κ1) is 14.0. The largest absolute Gasteiger partial charge is 0.314 e. The Labute approximate surface area is 116 Å². The van der Waals surface area contributed by atoms with Gasteiger partial charge in [0.05, 0.1) is 4.90 Å². The third-order valence-corrected chi connectivity index (χ3v) is 4.99. The van der Waals surface area contributed by atoms with Gasteiger partial charge >= 0.3 is 0 Å². The number of hydrogen-bond donors (Lipinski definition) is 1. The third kappa shape index (κ3) is 3.32. The van der Waals surface area contributed by atoms with Crippen molar-refractivity contribution in [3.8, 4) is 0 Å². The van der Waals surface area contributed by atoms with Gasteiger partial charge in [-0.05, 0) is 17.7 Å². The quantitative estimate of drug-likeness (QED) is 0.905. The van der Waals surface area contributed by atoms with Gasteiger partial charge in [0, 0.05) is 43.5 Å². The Balaban J connectivity index is 2.31. The summed E-state index contributed by atoms with van der Waals surface area (Å²) in [7, 11) is -3.18. The van der Waals surface area contributed by atoms with Crippen molar-refractivity contribution in [1.29, 1.82) is 0 Å². The molecule has 1 aliphatic rings. The fraction of sp³-hybridized carbons (Fsp3) is 0.500. The lowest BCUT2D eigenvalue weighted by Gasteiger charge is -2.28. The van der Waals surface area contributed by atoms with Gasteiger partial charge in [0.1, 0.15) is 0 Å². The Bertz CT molecular complexity index is 525. The van der Waals surface area contributed by atoms with E-state index in [0.29, 0.717) is 11.4 Å². The predicted octanol–water partition coefficient (Wildman–Crippen LogP) is 1.26. The van der Waals surface area contributed by atoms with E-state index in [1.54, 1.807) is 12.1 Å². The van der Waals surface area contributed by atoms with Crippen LogP contribution in [0.4, 0.5) is 0 Å². The molecule has 1 N–H and O–H groups in total. The van der Waals surface area contributed by atoms with Crippen molar-refractivity contribution >= 4 is 25.8 Å². The summed E-state index contributed by atoms with van der Waals surface area (Å²) in [6, 6.07) is 5.34. The molecule has 0 amide bonds. The van der Waals surface area contributed by atoms with Crippen LogP contribution in [0.1, 0.15) is 5.56 Å². The zero-order valence-electron chi connectivity index (χ0n) is 10.3. The normalized spacial score (nSPS) is 17.9. The van der Waals surface area contributed by atoms with Crippen LogP contribution < -0.4 is 5.32 Å². The highest BCUT2D eigenvalue weighted by molar-refractivity contribution is 9.10. The number of nitrogens with zero attached hydrogens (tertiary/aromatic N) is 1. The van der Waals surface area contributed by atoms with Crippen molar-refractivity contribution in [3.05, 3.63) is 28.2 Å². The van der Waals surface area contributed by atoms with Crippen LogP contribution in [0.15, 0.2) is 27.6 Å². The van der Waals surface area contributed by atoms with Crippen molar-refractivity contribution in [2.75, 3.05) is 32.4 Å². The molecule has 1 aromatic rings. The molecular weight excluding hydrogens is 316 g/mol. The minimum absolute atomic E-state index is 0.426. The Hall–Kier alpha value is -0.430. The van der Waals surface area contributed by atoms with E-state index in [9.17, 15) is 8.42 Å². The average Bonchev–Trinajstić information content (AvgIpc) is 2.32. The van der Waals surface area contributed by atoms with Crippen molar-refractivity contribution in [2.24, 2.45) is 0 Å². The molecule has 0 radical (unpaired) electrons. The highest BCUT2D eigenvalue weighted by Crippen LogP contribution is 2.26. The molecule has 100 valence electrons. The van der Waals surface area contributed by atoms with Crippen LogP contribution in [-0.4, -0.2) is 45.8 Å². The summed E-state index contributed by atoms with van der Waals surface area (Å²) in [5.41, 5.74) is 0.863. The van der Waals surface area contributed by atoms with E-state index < -0.39 is 9.84 Å². The summed E-state index contributed by atoms with van der Waals surface area (Å²) in [6.45, 7) is 4.48. The molecule has 4 nitrogen and oxygen atoms in total. The van der Waals surface area contributed by atoms with Crippen LogP contribution >= 0.6 is 15.9 Å². The van der Waals surface area contributed by atoms with Gasteiger partial charge in [-0.25, -0.2) is 8.42 Å². The zero-order chi connectivity index (χ0) is 13.2. The molecule has 1 saturated heterocycles. The van der Waals surface area contributed by atoms with E-state index in [0.717, 1.165) is 36.2 Å². The molecule has 0 spiro atoms. The lowest BCUT2D eigenvalue weighted by atomic mass is 10.2. The summed E-state index contributed by atoms with van der Waals surface area (Å²) < 4.78 is 24.5. The summed E-state index contributed by atoms with van der Waals surface area (Å²) in [5, 5.41) is 3.29. The maximum atomic E-state index is 11.8. The molecule has 0 aromatic heterocycles. The van der Waals surface area contributed by atoms with Crippen LogP contribution in [0.2, 0.25) is 0 Å². The van der Waals surface area contributed by atoms with Crippen LogP contribution in [0.5, 0.6) is 0 Å². The molecule has 1 heterocycles. The topological polar surface area (TPSA) is 49.4 Å². The zero-order valence-corrected chi connectivity index (χ0v) is 12.7. The standard InChI is InChI=1S/C12H17BrN2O2S/c1-18(16,17)12-4-2-3-11(13)10(12)9-15-7-5-14-6-8-15/h2-4,14H,5-9H2,1H3. The molecule has 0 saturated carbocycles. The van der Waals surface area contributed by atoms with Gasteiger partial charge in [-0.15, -0.1) is 0 Å². The fourth-order valence-electron chi connectivity index (χ4n) is 2.13. The molecular formula is C12H17BrN2O2S. The molecule has 0 bridgehead atoms. The van der Waals surface area contributed by atoms with Gasteiger partial charge in [-0.3, -0.25) is 4.90 Å². The number of nitrogens with one attached hydrogen (secondary N) is 1. The van der Waals surface area contributed by atoms with E-state index in [2.05, 4.69) is 26.1 Å². The first-order chi connectivity index (χ1) is 8.48. The number of rotatable bonds is 3. The SMILES string of the molecule is CS(=O)(=O)c1cccc(Br)c1CN1CCNCC1. The van der Waals surface area contributed by atoms with Crippen molar-refractivity contribution in [2.45, 2.75) is 11.4 Å². The smallest absolute Gasteiger partial charge is 0.175 e. The van der Waals surface area contributed by atoms with Gasteiger partial charge < -0.3 is 5.32 Å². The van der Waals surface area contributed by atoms with E-state index in [1.165, 1.54) is 6.26 Å². The number of halogens is 1. The highest BCUT2D eigenvalue weighted by atomic mass is 79.9. The van der Waals surface area contributed by atoms with Crippen molar-refractivity contribution in [1.82, 2.24) is 10.2 Å². The molecule has 1 fully saturated rings. The van der Waals surface area contributed by atoms with E-state index in [4.69, 9.17) is 0 Å². The predicted molar refractivity (Wildman–Crippen MR) is 75.4 cm³/mol. The van der Waals surface area contributed by atoms with E-state index in [-0.39, 0.29) is 0 Å². The Morgan fingerprint density at radius 3 is 2.61 bits per heavy atom. The lowest BCUT2D eigenvalue weighted by Crippen LogP contribution is -2.43. The third-order valence-electron chi connectivity index (χ3n) is 3.07. The summed E-state index contributed by atoms with van der Waals surface area (Å²) in [4.78, 5) is 2.70. The Morgan fingerprint density at radius 2 is 2.00 bits per heavy atom. The van der Waals surface area contributed by atoms with Crippen molar-refractivity contribution < 1.29 is 8.42 Å². The maximum Gasteiger partial charge on any atom is 0.175 e. The van der Waals surface area contributed by atoms with Gasteiger partial charge in [-0.1, -0.05) is 22.0 Å². The molecule has 0 unspecified atom stereocenters. The molecule has 18 heavy (non-hydrogen) atoms. The fourth-order valence-corrected chi connectivity index (χ4v) is 3.70. The van der Waals surface area contributed by atoms with Crippen LogP contribution in [-0.2, 0) is 16.4 Å². The average molecular weight is 333 g/mol. The maximum absolute atomic E-state index is 11.8. The van der Waals surface area contributed by atoms with Crippen LogP contribution in [0.3, 0.4) is 0 Å². The van der Waals surface area contributed by atoms with Gasteiger partial charge in [0.25, 0.3) is 0 Å². The molecule has 1 aromatic carbocycles. The van der Waals surface area contributed by atoms with Crippen molar-refractivity contribution in [3.63, 3.8) is 0 Å². The van der Waals surface area contributed by atoms with Crippen LogP contribution in [0, 0.1) is 0 Å². The number of benzene rings is 1. The van der Waals surface area contributed by atoms with E-state index >= 15 is 0 Å². The van der Waals surface area contributed by atoms with Gasteiger partial charge in [0.15, 0.2) is 9.84 Å². The second-order valence-corrected chi connectivity index (χ2v) is 7.35. The summed E-state index contributed by atoms with van der Waals surface area (Å²) in [5.74, 6) is 0. The Morgan fingerprint density at radius 1 is 1.33 bits per heavy atom. The summed E-state index contributed by atoms with van der Waals surface area (Å²) >= 11 is 3.46. The second kappa shape index (κ2) is 5.69. The van der Waals surface area contributed by atoms with Gasteiger partial charge in [-0.2, -0.15) is 0 Å². The Kier molecular flexibility index (Phi) is 4.42. The number of hydrogen-bond acceptors (Lipinski definition) is 4. The number of piperazine rings is 1. The molecule has 0 atom stereocenters. The van der Waals surface area contributed by atoms with E-state index in [1.807, 2.05) is 6.07 Å². The molecule has 1 aliphatic heterocycles. The number of sulfone groups is 1. The summed E-state index contributed by atoms with van der Waals surface area (Å²) in [6.07, 6.45) is 1.26. The molecule has 2 rings (SSSR count). The van der Waals surface area contributed by atoms with Gasteiger partial charge in [0.2, 0.25) is 0 Å². The minimum Gasteiger partial charge on any atom is -0.314 e. The second-order valence-electron chi connectivity index (χ2n) is 4.51. The van der Waals surface area contributed by atoms with Crippen LogP contribution in [0.25, 0.3) is 0 Å². The highest BCUT2D eigenvalue weighted by Gasteiger charge is 2.19. The molecule has 6 heteroatoms. The first-order valence-electron chi connectivity index (χ1n) is 5.89. The lowest BCUT2D eigenvalue weighted by molar-refractivity contribution is 0.231. The first-order valence-corrected chi connectivity index (χ1v) is 8.57. The molecule has 0 aliphatic carbocycles.